The first-order chi connectivity index (χ1) is 13.0. The number of benzene rings is 2. The minimum Gasteiger partial charge on any atom is -0.327 e. The highest BCUT2D eigenvalue weighted by molar-refractivity contribution is 7.99. The Balaban J connectivity index is 1.76. The van der Waals surface area contributed by atoms with Crippen molar-refractivity contribution in [3.8, 4) is 0 Å². The van der Waals surface area contributed by atoms with E-state index in [9.17, 15) is 14.0 Å². The topological polar surface area (TPSA) is 62.6 Å². The maximum Gasteiger partial charge on any atom is 0.279 e. The van der Waals surface area contributed by atoms with Gasteiger partial charge in [-0.15, -0.1) is 11.8 Å². The molecule has 2 rings (SSSR count). The highest BCUT2D eigenvalue weighted by atomic mass is 32.2. The van der Waals surface area contributed by atoms with Crippen LogP contribution in [0, 0.1) is 5.82 Å². The fraction of sp³-hybridized carbons (Fsp3) is 0.300. The summed E-state index contributed by atoms with van der Waals surface area (Å²) in [6, 6.07) is 13.5. The number of anilines is 2. The van der Waals surface area contributed by atoms with Crippen LogP contribution in [0.5, 0.6) is 0 Å². The molecule has 7 heteroatoms. The number of nitrogens with one attached hydrogen (secondary N) is 3. The van der Waals surface area contributed by atoms with Crippen molar-refractivity contribution in [3.63, 3.8) is 0 Å². The summed E-state index contributed by atoms with van der Waals surface area (Å²) in [5, 5.41) is 5.57. The van der Waals surface area contributed by atoms with Crippen LogP contribution in [0.1, 0.15) is 13.8 Å². The van der Waals surface area contributed by atoms with E-state index in [4.69, 9.17) is 0 Å². The minimum atomic E-state index is -0.234. The zero-order chi connectivity index (χ0) is 19.6. The van der Waals surface area contributed by atoms with Gasteiger partial charge in [0.25, 0.3) is 5.91 Å². The van der Waals surface area contributed by atoms with Crippen LogP contribution >= 0.6 is 11.8 Å². The quantitative estimate of drug-likeness (QED) is 0.576. The van der Waals surface area contributed by atoms with Crippen LogP contribution in [0.2, 0.25) is 0 Å². The van der Waals surface area contributed by atoms with Gasteiger partial charge in [-0.2, -0.15) is 0 Å². The summed E-state index contributed by atoms with van der Waals surface area (Å²) >= 11 is 1.66. The zero-order valence-electron chi connectivity index (χ0n) is 15.5. The lowest BCUT2D eigenvalue weighted by molar-refractivity contribution is -0.887. The van der Waals surface area contributed by atoms with Gasteiger partial charge in [0.05, 0.1) is 13.1 Å². The number of hydrogen-bond donors (Lipinski definition) is 3. The molecule has 0 saturated carbocycles. The number of hydrogen-bond acceptors (Lipinski definition) is 3. The van der Waals surface area contributed by atoms with Gasteiger partial charge in [-0.3, -0.25) is 9.59 Å². The molecule has 5 nitrogen and oxygen atoms in total. The van der Waals surface area contributed by atoms with Crippen LogP contribution in [-0.4, -0.2) is 37.2 Å². The first-order valence-corrected chi connectivity index (χ1v) is 9.84. The van der Waals surface area contributed by atoms with Crippen molar-refractivity contribution in [1.29, 1.82) is 0 Å². The largest absolute Gasteiger partial charge is 0.327 e. The van der Waals surface area contributed by atoms with Gasteiger partial charge in [0.15, 0.2) is 6.54 Å². The average Bonchev–Trinajstić information content (AvgIpc) is 2.63. The van der Waals surface area contributed by atoms with E-state index in [1.807, 2.05) is 6.92 Å². The molecule has 144 valence electrons. The maximum atomic E-state index is 12.9. The molecule has 0 fully saturated rings. The highest BCUT2D eigenvalue weighted by Crippen LogP contribution is 2.17. The molecule has 1 atom stereocenters. The van der Waals surface area contributed by atoms with E-state index in [0.717, 1.165) is 23.7 Å². The van der Waals surface area contributed by atoms with Gasteiger partial charge >= 0.3 is 0 Å². The van der Waals surface area contributed by atoms with Gasteiger partial charge in [-0.05, 0) is 55.5 Å². The number of thioether (sulfide) groups is 1. The third kappa shape index (κ3) is 7.80. The van der Waals surface area contributed by atoms with Crippen molar-refractivity contribution < 1.29 is 18.9 Å². The van der Waals surface area contributed by atoms with E-state index in [0.29, 0.717) is 17.9 Å². The lowest BCUT2D eigenvalue weighted by Crippen LogP contribution is -3.13. The number of carbonyl (C=O) groups excluding carboxylic acids is 2. The average molecular weight is 391 g/mol. The molecule has 0 spiro atoms. The van der Waals surface area contributed by atoms with Crippen molar-refractivity contribution in [2.45, 2.75) is 18.7 Å². The second-order valence-electron chi connectivity index (χ2n) is 6.14. The van der Waals surface area contributed by atoms with Gasteiger partial charge in [0.1, 0.15) is 5.82 Å². The molecule has 0 aliphatic heterocycles. The molecular weight excluding hydrogens is 365 g/mol. The molecule has 2 aromatic rings. The molecule has 0 bridgehead atoms. The monoisotopic (exact) mass is 390 g/mol. The van der Waals surface area contributed by atoms with Gasteiger partial charge in [-0.25, -0.2) is 4.39 Å². The molecular formula is C20H25FN3O2S+. The SMILES string of the molecule is CC[NH+](CCSc1ccc(F)cc1)CC(=O)Nc1ccc(NC(C)=O)cc1. The van der Waals surface area contributed by atoms with E-state index in [-0.39, 0.29) is 17.6 Å². The highest BCUT2D eigenvalue weighted by Gasteiger charge is 2.13. The van der Waals surface area contributed by atoms with Crippen LogP contribution in [0.4, 0.5) is 15.8 Å². The number of quaternary nitrogens is 1. The predicted octanol–water partition coefficient (Wildman–Crippen LogP) is 2.42. The standard InChI is InChI=1S/C20H24FN3O2S/c1-3-24(12-13-27-19-10-4-16(21)5-11-19)14-20(26)23-18-8-6-17(7-9-18)22-15(2)25/h4-11H,3,12-14H2,1-2H3,(H,22,25)(H,23,26)/p+1. The second-order valence-corrected chi connectivity index (χ2v) is 7.31. The smallest absolute Gasteiger partial charge is 0.279 e. The van der Waals surface area contributed by atoms with Gasteiger partial charge < -0.3 is 15.5 Å². The van der Waals surface area contributed by atoms with E-state index in [2.05, 4.69) is 10.6 Å². The number of likely N-dealkylation sites (N-methyl/N-ethyl adjacent to an activating group) is 1. The summed E-state index contributed by atoms with van der Waals surface area (Å²) in [5.74, 6) is 0.438. The summed E-state index contributed by atoms with van der Waals surface area (Å²) < 4.78 is 12.9. The fourth-order valence-electron chi connectivity index (χ4n) is 2.51. The molecule has 0 saturated heterocycles. The van der Waals surface area contributed by atoms with E-state index in [1.54, 1.807) is 48.2 Å². The van der Waals surface area contributed by atoms with Crippen molar-refractivity contribution in [1.82, 2.24) is 0 Å². The summed E-state index contributed by atoms with van der Waals surface area (Å²) in [7, 11) is 0. The number of halogens is 1. The Kier molecular flexibility index (Phi) is 8.29. The molecule has 27 heavy (non-hydrogen) atoms. The zero-order valence-corrected chi connectivity index (χ0v) is 16.4. The van der Waals surface area contributed by atoms with Gasteiger partial charge in [-0.1, -0.05) is 0 Å². The summed E-state index contributed by atoms with van der Waals surface area (Å²) in [5.41, 5.74) is 1.39. The fourth-order valence-corrected chi connectivity index (χ4v) is 3.46. The van der Waals surface area contributed by atoms with Gasteiger partial charge in [0, 0.05) is 28.9 Å². The predicted molar refractivity (Wildman–Crippen MR) is 108 cm³/mol. The Labute approximate surface area is 163 Å². The molecule has 2 amide bonds. The van der Waals surface area contributed by atoms with Crippen LogP contribution < -0.4 is 15.5 Å². The molecule has 0 heterocycles. The molecule has 2 aromatic carbocycles. The normalized spacial score (nSPS) is 11.7. The Bertz CT molecular complexity index is 751. The van der Waals surface area contributed by atoms with Gasteiger partial charge in [0.2, 0.25) is 5.91 Å². The first-order valence-electron chi connectivity index (χ1n) is 8.85. The summed E-state index contributed by atoms with van der Waals surface area (Å²) in [4.78, 5) is 25.5. The van der Waals surface area contributed by atoms with E-state index >= 15 is 0 Å². The Morgan fingerprint density at radius 1 is 1.00 bits per heavy atom. The molecule has 1 unspecified atom stereocenters. The van der Waals surface area contributed by atoms with Crippen LogP contribution in [-0.2, 0) is 9.59 Å². The number of amides is 2. The van der Waals surface area contributed by atoms with E-state index in [1.165, 1.54) is 24.0 Å². The minimum absolute atomic E-state index is 0.0501. The summed E-state index contributed by atoms with van der Waals surface area (Å²) in [6.07, 6.45) is 0. The van der Waals surface area contributed by atoms with Crippen molar-refractivity contribution >= 4 is 35.0 Å². The maximum absolute atomic E-state index is 12.9. The lowest BCUT2D eigenvalue weighted by atomic mass is 10.2. The van der Waals surface area contributed by atoms with Crippen molar-refractivity contribution in [3.05, 3.63) is 54.3 Å². The Morgan fingerprint density at radius 2 is 1.59 bits per heavy atom. The molecule has 3 N–H and O–H groups in total. The molecule has 0 aliphatic carbocycles. The summed E-state index contributed by atoms with van der Waals surface area (Å²) in [6.45, 7) is 5.57. The first kappa shape index (κ1) is 20.9. The lowest BCUT2D eigenvalue weighted by Gasteiger charge is -2.17. The van der Waals surface area contributed by atoms with Crippen LogP contribution in [0.3, 0.4) is 0 Å². The Hall–Kier alpha value is -2.38. The van der Waals surface area contributed by atoms with Crippen LogP contribution in [0.25, 0.3) is 0 Å². The van der Waals surface area contributed by atoms with Crippen LogP contribution in [0.15, 0.2) is 53.4 Å². The van der Waals surface area contributed by atoms with Crippen molar-refractivity contribution in [2.24, 2.45) is 0 Å². The molecule has 0 aliphatic rings. The third-order valence-electron chi connectivity index (χ3n) is 3.94. The second kappa shape index (κ2) is 10.7. The van der Waals surface area contributed by atoms with Crippen molar-refractivity contribution in [2.75, 3.05) is 36.0 Å². The molecule has 0 aromatic heterocycles. The Morgan fingerprint density at radius 3 is 2.15 bits per heavy atom. The third-order valence-corrected chi connectivity index (χ3v) is 4.95. The number of rotatable bonds is 9. The van der Waals surface area contributed by atoms with E-state index < -0.39 is 0 Å². The molecule has 0 radical (unpaired) electrons. The number of carbonyl (C=O) groups is 2.